The van der Waals surface area contributed by atoms with Crippen LogP contribution in [0.25, 0.3) is 6.08 Å². The Labute approximate surface area is 181 Å². The Morgan fingerprint density at radius 1 is 1.03 bits per heavy atom. The van der Waals surface area contributed by atoms with Crippen molar-refractivity contribution in [2.45, 2.75) is 38.1 Å². The fraction of sp³-hybridized carbons (Fsp3) is 0.333. The highest BCUT2D eigenvalue weighted by Gasteiger charge is 2.38. The molecule has 0 N–H and O–H groups in total. The first-order valence-electron chi connectivity index (χ1n) is 10.3. The van der Waals surface area contributed by atoms with Gasteiger partial charge in [0.25, 0.3) is 5.91 Å². The van der Waals surface area contributed by atoms with Crippen molar-refractivity contribution in [1.29, 1.82) is 0 Å². The fourth-order valence-electron chi connectivity index (χ4n) is 3.93. The number of amides is 1. The summed E-state index contributed by atoms with van der Waals surface area (Å²) in [5.74, 6) is 1.45. The molecule has 2 aromatic carbocycles. The second-order valence-corrected chi connectivity index (χ2v) is 8.42. The average Bonchev–Trinajstić information content (AvgIpc) is 3.09. The molecule has 0 atom stereocenters. The number of aliphatic imine (C=N–C) groups is 1. The molecule has 0 aromatic heterocycles. The van der Waals surface area contributed by atoms with Crippen LogP contribution in [0, 0.1) is 0 Å². The van der Waals surface area contributed by atoms with Crippen molar-refractivity contribution in [3.63, 3.8) is 0 Å². The van der Waals surface area contributed by atoms with E-state index in [1.54, 1.807) is 14.2 Å². The molecule has 0 unspecified atom stereocenters. The summed E-state index contributed by atoms with van der Waals surface area (Å²) < 4.78 is 10.8. The number of hydrogen-bond donors (Lipinski definition) is 0. The number of carbonyl (C=O) groups is 1. The minimum absolute atomic E-state index is 0.0199. The quantitative estimate of drug-likeness (QED) is 0.585. The number of nitrogens with zero attached hydrogens (tertiary/aromatic N) is 2. The van der Waals surface area contributed by atoms with Gasteiger partial charge in [-0.2, -0.15) is 0 Å². The molecule has 4 rings (SSSR count). The zero-order valence-corrected chi connectivity index (χ0v) is 18.2. The van der Waals surface area contributed by atoms with Crippen LogP contribution >= 0.6 is 11.8 Å². The molecule has 5 nitrogen and oxygen atoms in total. The van der Waals surface area contributed by atoms with E-state index in [-0.39, 0.29) is 11.9 Å². The van der Waals surface area contributed by atoms with Crippen LogP contribution in [0.4, 0.5) is 5.69 Å². The molecule has 1 saturated carbocycles. The number of ether oxygens (including phenoxy) is 2. The molecule has 6 heteroatoms. The Bertz CT molecular complexity index is 966. The van der Waals surface area contributed by atoms with Crippen LogP contribution in [0.1, 0.15) is 37.7 Å². The predicted molar refractivity (Wildman–Crippen MR) is 122 cm³/mol. The van der Waals surface area contributed by atoms with Gasteiger partial charge in [0.1, 0.15) is 11.5 Å². The fourth-order valence-corrected chi connectivity index (χ4v) is 4.98. The zero-order valence-electron chi connectivity index (χ0n) is 17.3. The van der Waals surface area contributed by atoms with Gasteiger partial charge in [0.15, 0.2) is 5.17 Å². The maximum Gasteiger partial charge on any atom is 0.267 e. The van der Waals surface area contributed by atoms with E-state index in [0.717, 1.165) is 47.9 Å². The van der Waals surface area contributed by atoms with Crippen molar-refractivity contribution in [3.05, 3.63) is 59.0 Å². The highest BCUT2D eigenvalue weighted by Crippen LogP contribution is 2.39. The lowest BCUT2D eigenvalue weighted by molar-refractivity contribution is -0.124. The molecule has 1 aliphatic carbocycles. The van der Waals surface area contributed by atoms with Gasteiger partial charge in [-0.15, -0.1) is 0 Å². The van der Waals surface area contributed by atoms with Gasteiger partial charge in [-0.3, -0.25) is 9.69 Å². The molecule has 1 aliphatic heterocycles. The van der Waals surface area contributed by atoms with E-state index in [1.807, 2.05) is 59.5 Å². The van der Waals surface area contributed by atoms with Crippen molar-refractivity contribution in [2.75, 3.05) is 14.2 Å². The van der Waals surface area contributed by atoms with Gasteiger partial charge in [0.2, 0.25) is 0 Å². The van der Waals surface area contributed by atoms with E-state index in [1.165, 1.54) is 18.2 Å². The number of para-hydroxylation sites is 1. The monoisotopic (exact) mass is 422 g/mol. The predicted octanol–water partition coefficient (Wildman–Crippen LogP) is 5.64. The zero-order chi connectivity index (χ0) is 20.9. The molecule has 2 fully saturated rings. The Morgan fingerprint density at radius 3 is 2.50 bits per heavy atom. The molecule has 1 heterocycles. The molecule has 156 valence electrons. The SMILES string of the molecule is COc1ccc(OC)c(/C=C2\SC(=Nc3ccccc3)N(C3CCCCC3)C2=O)c1. The molecule has 30 heavy (non-hydrogen) atoms. The molecule has 2 aliphatic rings. The van der Waals surface area contributed by atoms with Gasteiger partial charge >= 0.3 is 0 Å². The Balaban J connectivity index is 1.73. The highest BCUT2D eigenvalue weighted by molar-refractivity contribution is 8.18. The lowest BCUT2D eigenvalue weighted by Crippen LogP contribution is -2.40. The second-order valence-electron chi connectivity index (χ2n) is 7.42. The van der Waals surface area contributed by atoms with Gasteiger partial charge in [0, 0.05) is 11.6 Å². The Morgan fingerprint density at radius 2 is 1.80 bits per heavy atom. The smallest absolute Gasteiger partial charge is 0.267 e. The maximum atomic E-state index is 13.4. The third-order valence-corrected chi connectivity index (χ3v) is 6.46. The summed E-state index contributed by atoms with van der Waals surface area (Å²) in [5, 5.41) is 0.756. The number of amidine groups is 1. The molecule has 2 aromatic rings. The number of thioether (sulfide) groups is 1. The standard InChI is InChI=1S/C24H26N2O3S/c1-28-20-13-14-21(29-2)17(15-20)16-22-23(27)26(19-11-7-4-8-12-19)24(30-22)25-18-9-5-3-6-10-18/h3,5-6,9-10,13-16,19H,4,7-8,11-12H2,1-2H3/b22-16-,25-24?. The van der Waals surface area contributed by atoms with Gasteiger partial charge in [-0.05, 0) is 61.0 Å². The number of hydrogen-bond acceptors (Lipinski definition) is 5. The van der Waals surface area contributed by atoms with E-state index in [0.29, 0.717) is 10.7 Å². The van der Waals surface area contributed by atoms with E-state index in [2.05, 4.69) is 0 Å². The van der Waals surface area contributed by atoms with Crippen LogP contribution < -0.4 is 9.47 Å². The first kappa shape index (κ1) is 20.5. The summed E-state index contributed by atoms with van der Waals surface area (Å²) in [6.07, 6.45) is 7.48. The largest absolute Gasteiger partial charge is 0.497 e. The van der Waals surface area contributed by atoms with E-state index >= 15 is 0 Å². The van der Waals surface area contributed by atoms with E-state index in [4.69, 9.17) is 14.5 Å². The summed E-state index contributed by atoms with van der Waals surface area (Å²) in [5.41, 5.74) is 1.67. The second kappa shape index (κ2) is 9.39. The number of methoxy groups -OCH3 is 2. The number of carbonyl (C=O) groups excluding carboxylic acids is 1. The molecule has 0 radical (unpaired) electrons. The summed E-state index contributed by atoms with van der Waals surface area (Å²) in [7, 11) is 3.26. The van der Waals surface area contributed by atoms with Crippen molar-refractivity contribution in [3.8, 4) is 11.5 Å². The Hall–Kier alpha value is -2.73. The highest BCUT2D eigenvalue weighted by atomic mass is 32.2. The molecular weight excluding hydrogens is 396 g/mol. The normalized spacial score (nSPS) is 20.2. The van der Waals surface area contributed by atoms with Crippen LogP contribution in [0.5, 0.6) is 11.5 Å². The topological polar surface area (TPSA) is 51.1 Å². The minimum atomic E-state index is 0.0199. The van der Waals surface area contributed by atoms with Gasteiger partial charge in [-0.1, -0.05) is 37.5 Å². The third-order valence-electron chi connectivity index (χ3n) is 5.48. The van der Waals surface area contributed by atoms with Gasteiger partial charge in [0.05, 0.1) is 24.8 Å². The molecule has 1 amide bonds. The van der Waals surface area contributed by atoms with Crippen LogP contribution in [-0.2, 0) is 4.79 Å². The maximum absolute atomic E-state index is 13.4. The van der Waals surface area contributed by atoms with Gasteiger partial charge < -0.3 is 9.47 Å². The summed E-state index contributed by atoms with van der Waals surface area (Å²) in [6.45, 7) is 0. The molecule has 0 bridgehead atoms. The Kier molecular flexibility index (Phi) is 6.43. The number of benzene rings is 2. The van der Waals surface area contributed by atoms with Crippen molar-refractivity contribution < 1.29 is 14.3 Å². The van der Waals surface area contributed by atoms with Crippen LogP contribution in [-0.4, -0.2) is 36.2 Å². The third kappa shape index (κ3) is 4.38. The molecule has 1 saturated heterocycles. The van der Waals surface area contributed by atoms with Crippen molar-refractivity contribution in [2.24, 2.45) is 4.99 Å². The summed E-state index contributed by atoms with van der Waals surface area (Å²) in [6, 6.07) is 15.6. The van der Waals surface area contributed by atoms with Crippen LogP contribution in [0.3, 0.4) is 0 Å². The first-order valence-corrected chi connectivity index (χ1v) is 11.1. The lowest BCUT2D eigenvalue weighted by atomic mass is 9.94. The molecular formula is C24H26N2O3S. The van der Waals surface area contributed by atoms with Crippen molar-refractivity contribution in [1.82, 2.24) is 4.90 Å². The van der Waals surface area contributed by atoms with Crippen LogP contribution in [0.2, 0.25) is 0 Å². The lowest BCUT2D eigenvalue weighted by Gasteiger charge is -2.30. The van der Waals surface area contributed by atoms with Gasteiger partial charge in [-0.25, -0.2) is 4.99 Å². The average molecular weight is 423 g/mol. The first-order chi connectivity index (χ1) is 14.7. The number of rotatable bonds is 5. The molecule has 0 spiro atoms. The van der Waals surface area contributed by atoms with Crippen molar-refractivity contribution >= 4 is 34.6 Å². The summed E-state index contributed by atoms with van der Waals surface area (Å²) in [4.78, 5) is 20.8. The summed E-state index contributed by atoms with van der Waals surface area (Å²) >= 11 is 1.43. The van der Waals surface area contributed by atoms with E-state index < -0.39 is 0 Å². The van der Waals surface area contributed by atoms with Crippen LogP contribution in [0.15, 0.2) is 58.4 Å². The van der Waals surface area contributed by atoms with E-state index in [9.17, 15) is 4.79 Å². The minimum Gasteiger partial charge on any atom is -0.497 e.